The Morgan fingerprint density at radius 2 is 1.79 bits per heavy atom. The molecule has 0 radical (unpaired) electrons. The number of carbonyl (C=O) groups excluding carboxylic acids is 1. The second-order valence-corrected chi connectivity index (χ2v) is 6.75. The maximum atomic E-state index is 12.2. The Morgan fingerprint density at radius 1 is 1.07 bits per heavy atom. The van der Waals surface area contributed by atoms with E-state index in [2.05, 4.69) is 11.2 Å². The van der Waals surface area contributed by atoms with Gasteiger partial charge >= 0.3 is 5.97 Å². The van der Waals surface area contributed by atoms with Crippen molar-refractivity contribution in [3.63, 3.8) is 0 Å². The van der Waals surface area contributed by atoms with Crippen molar-refractivity contribution in [3.8, 4) is 5.75 Å². The molecule has 29 heavy (non-hydrogen) atoms. The number of nitrogens with zero attached hydrogens (tertiary/aromatic N) is 1. The predicted octanol–water partition coefficient (Wildman–Crippen LogP) is 3.84. The van der Waals surface area contributed by atoms with Crippen LogP contribution in [0, 0.1) is 20.8 Å². The van der Waals surface area contributed by atoms with Gasteiger partial charge in [-0.1, -0.05) is 23.4 Å². The molecule has 0 fully saturated rings. The van der Waals surface area contributed by atoms with E-state index in [0.717, 1.165) is 22.4 Å². The lowest BCUT2D eigenvalue weighted by molar-refractivity contribution is 0.0475. The van der Waals surface area contributed by atoms with Gasteiger partial charge in [-0.25, -0.2) is 4.79 Å². The summed E-state index contributed by atoms with van der Waals surface area (Å²) in [5.74, 6) is 0.516. The van der Waals surface area contributed by atoms with E-state index in [0.29, 0.717) is 17.0 Å². The van der Waals surface area contributed by atoms with Gasteiger partial charge in [-0.3, -0.25) is 0 Å². The number of ether oxygens (including phenoxy) is 1. The quantitative estimate of drug-likeness (QED) is 0.216. The highest BCUT2D eigenvalue weighted by atomic mass is 16.7. The zero-order valence-electron chi connectivity index (χ0n) is 16.6. The summed E-state index contributed by atoms with van der Waals surface area (Å²) >= 11 is 0. The van der Waals surface area contributed by atoms with E-state index in [1.807, 2.05) is 32.9 Å². The molecule has 150 valence electrons. The van der Waals surface area contributed by atoms with Gasteiger partial charge in [-0.15, -0.1) is 0 Å². The average Bonchev–Trinajstić information content (AvgIpc) is 3.15. The third-order valence-corrected chi connectivity index (χ3v) is 4.32. The lowest BCUT2D eigenvalue weighted by atomic mass is 10.1. The number of hydrogen-bond acceptors (Lipinski definition) is 6. The number of hydrogen-bond donors (Lipinski definition) is 2. The Hall–Kier alpha value is -3.74. The topological polar surface area (TPSA) is 113 Å². The molecular weight excluding hydrogens is 370 g/mol. The van der Waals surface area contributed by atoms with Crippen LogP contribution in [0.4, 0.5) is 5.69 Å². The second-order valence-electron chi connectivity index (χ2n) is 6.75. The first-order chi connectivity index (χ1) is 13.8. The SMILES string of the molecule is Cc1cc(C)cc(OCc2ccc(C(=O)O/N=C(\N)c3cccc(N)c3C)o2)c1. The van der Waals surface area contributed by atoms with E-state index in [1.165, 1.54) is 6.07 Å². The van der Waals surface area contributed by atoms with Gasteiger partial charge in [0, 0.05) is 11.3 Å². The summed E-state index contributed by atoms with van der Waals surface area (Å²) < 4.78 is 11.2. The van der Waals surface area contributed by atoms with Crippen LogP contribution < -0.4 is 16.2 Å². The second kappa shape index (κ2) is 8.52. The summed E-state index contributed by atoms with van der Waals surface area (Å²) in [6.45, 7) is 5.99. The van der Waals surface area contributed by atoms with Crippen molar-refractivity contribution in [2.75, 3.05) is 5.73 Å². The molecule has 0 saturated carbocycles. The molecule has 2 aromatic carbocycles. The Labute approximate surface area is 168 Å². The normalized spacial score (nSPS) is 11.3. The van der Waals surface area contributed by atoms with Crippen LogP contribution in [0.1, 0.15) is 38.6 Å². The first-order valence-corrected chi connectivity index (χ1v) is 9.03. The fourth-order valence-electron chi connectivity index (χ4n) is 2.85. The van der Waals surface area contributed by atoms with Gasteiger partial charge in [0.05, 0.1) is 0 Å². The van der Waals surface area contributed by atoms with Gasteiger partial charge in [0.1, 0.15) is 18.1 Å². The third kappa shape index (κ3) is 4.95. The van der Waals surface area contributed by atoms with Crippen molar-refractivity contribution in [2.24, 2.45) is 10.9 Å². The monoisotopic (exact) mass is 393 g/mol. The van der Waals surface area contributed by atoms with Crippen LogP contribution in [0.2, 0.25) is 0 Å². The molecule has 4 N–H and O–H groups in total. The summed E-state index contributed by atoms with van der Waals surface area (Å²) in [5, 5.41) is 3.69. The molecule has 1 aromatic heterocycles. The van der Waals surface area contributed by atoms with Crippen molar-refractivity contribution in [1.29, 1.82) is 0 Å². The average molecular weight is 393 g/mol. The van der Waals surface area contributed by atoms with Crippen LogP contribution in [0.5, 0.6) is 5.75 Å². The molecule has 3 aromatic rings. The molecule has 7 nitrogen and oxygen atoms in total. The minimum Gasteiger partial charge on any atom is -0.486 e. The van der Waals surface area contributed by atoms with Gasteiger partial charge in [0.2, 0.25) is 5.76 Å². The molecule has 0 amide bonds. The van der Waals surface area contributed by atoms with Crippen LogP contribution in [0.15, 0.2) is 58.1 Å². The molecule has 0 unspecified atom stereocenters. The highest BCUT2D eigenvalue weighted by molar-refractivity contribution is 6.00. The van der Waals surface area contributed by atoms with E-state index in [-0.39, 0.29) is 18.2 Å². The number of anilines is 1. The zero-order valence-corrected chi connectivity index (χ0v) is 16.6. The summed E-state index contributed by atoms with van der Waals surface area (Å²) in [6, 6.07) is 14.3. The van der Waals surface area contributed by atoms with Gasteiger partial charge in [-0.2, -0.15) is 0 Å². The summed E-state index contributed by atoms with van der Waals surface area (Å²) in [6.07, 6.45) is 0. The minimum atomic E-state index is -0.757. The number of oxime groups is 1. The molecule has 3 rings (SSSR count). The first kappa shape index (κ1) is 20.0. The van der Waals surface area contributed by atoms with E-state index in [4.69, 9.17) is 25.5 Å². The van der Waals surface area contributed by atoms with Crippen LogP contribution in [0.3, 0.4) is 0 Å². The first-order valence-electron chi connectivity index (χ1n) is 9.03. The van der Waals surface area contributed by atoms with Crippen molar-refractivity contribution >= 4 is 17.5 Å². The van der Waals surface area contributed by atoms with E-state index < -0.39 is 5.97 Å². The third-order valence-electron chi connectivity index (χ3n) is 4.32. The van der Waals surface area contributed by atoms with E-state index in [1.54, 1.807) is 24.3 Å². The molecule has 0 aliphatic rings. The molecule has 1 heterocycles. The maximum Gasteiger partial charge on any atom is 0.400 e. The molecular formula is C22H23N3O4. The highest BCUT2D eigenvalue weighted by Crippen LogP contribution is 2.19. The largest absolute Gasteiger partial charge is 0.486 e. The van der Waals surface area contributed by atoms with Crippen LogP contribution >= 0.6 is 0 Å². The fourth-order valence-corrected chi connectivity index (χ4v) is 2.85. The molecule has 0 atom stereocenters. The van der Waals surface area contributed by atoms with Crippen LogP contribution in [-0.2, 0) is 11.4 Å². The number of nitrogen functional groups attached to an aromatic ring is 1. The van der Waals surface area contributed by atoms with Gasteiger partial charge in [-0.05, 0) is 67.8 Å². The van der Waals surface area contributed by atoms with Crippen molar-refractivity contribution in [1.82, 2.24) is 0 Å². The molecule has 0 aliphatic heterocycles. The fraction of sp³-hybridized carbons (Fsp3) is 0.182. The Kier molecular flexibility index (Phi) is 5.87. The number of aryl methyl sites for hydroxylation is 2. The van der Waals surface area contributed by atoms with Gasteiger partial charge < -0.3 is 25.5 Å². The number of carbonyl (C=O) groups is 1. The molecule has 0 bridgehead atoms. The number of rotatable bonds is 6. The smallest absolute Gasteiger partial charge is 0.400 e. The van der Waals surface area contributed by atoms with Crippen LogP contribution in [0.25, 0.3) is 0 Å². The zero-order chi connectivity index (χ0) is 21.0. The predicted molar refractivity (Wildman–Crippen MR) is 111 cm³/mol. The van der Waals surface area contributed by atoms with Crippen LogP contribution in [-0.4, -0.2) is 11.8 Å². The lowest BCUT2D eigenvalue weighted by Gasteiger charge is -2.07. The lowest BCUT2D eigenvalue weighted by Crippen LogP contribution is -2.17. The van der Waals surface area contributed by atoms with Gasteiger partial charge in [0.15, 0.2) is 5.84 Å². The molecule has 0 spiro atoms. The molecule has 0 saturated heterocycles. The van der Waals surface area contributed by atoms with E-state index >= 15 is 0 Å². The number of furan rings is 1. The summed E-state index contributed by atoms with van der Waals surface area (Å²) in [5.41, 5.74) is 15.9. The Balaban J connectivity index is 1.62. The number of nitrogens with two attached hydrogens (primary N) is 2. The van der Waals surface area contributed by atoms with E-state index in [9.17, 15) is 4.79 Å². The van der Waals surface area contributed by atoms with Crippen molar-refractivity contribution in [2.45, 2.75) is 27.4 Å². The highest BCUT2D eigenvalue weighted by Gasteiger charge is 2.15. The van der Waals surface area contributed by atoms with Crippen molar-refractivity contribution in [3.05, 3.63) is 82.3 Å². The summed E-state index contributed by atoms with van der Waals surface area (Å²) in [7, 11) is 0. The van der Waals surface area contributed by atoms with Gasteiger partial charge in [0.25, 0.3) is 0 Å². The Bertz CT molecular complexity index is 1050. The maximum absolute atomic E-state index is 12.2. The summed E-state index contributed by atoms with van der Waals surface area (Å²) in [4.78, 5) is 17.1. The molecule has 0 aliphatic carbocycles. The number of amidine groups is 1. The Morgan fingerprint density at radius 3 is 2.52 bits per heavy atom. The minimum absolute atomic E-state index is 0.00451. The molecule has 7 heteroatoms. The van der Waals surface area contributed by atoms with Crippen molar-refractivity contribution < 1.29 is 18.8 Å². The number of benzene rings is 2. The standard InChI is InChI=1S/C22H23N3O4/c1-13-9-14(2)11-17(10-13)27-12-16-7-8-20(28-16)22(26)29-25-21(24)18-5-4-6-19(23)15(18)3/h4-11H,12,23H2,1-3H3,(H2,24,25).